The first-order valence-corrected chi connectivity index (χ1v) is 9.93. The maximum Gasteiger partial charge on any atom is 0.262 e. The van der Waals surface area contributed by atoms with E-state index in [1.165, 1.54) is 34.4 Å². The second-order valence-electron chi connectivity index (χ2n) is 5.88. The molecule has 1 aromatic carbocycles. The molecule has 1 heterocycles. The third-order valence-corrected chi connectivity index (χ3v) is 7.06. The van der Waals surface area contributed by atoms with E-state index in [4.69, 9.17) is 23.1 Å². The second kappa shape index (κ2) is 5.89. The summed E-state index contributed by atoms with van der Waals surface area (Å²) in [4.78, 5) is 1.24. The highest BCUT2D eigenvalue weighted by atomic mass is 35.5. The number of benzene rings is 1. The van der Waals surface area contributed by atoms with Gasteiger partial charge in [0.05, 0.1) is 21.3 Å². The molecule has 0 spiro atoms. The van der Waals surface area contributed by atoms with Crippen molar-refractivity contribution in [1.82, 2.24) is 0 Å². The second-order valence-corrected chi connectivity index (χ2v) is 9.08. The van der Waals surface area contributed by atoms with Crippen molar-refractivity contribution < 1.29 is 8.42 Å². The Morgan fingerprint density at radius 2 is 2.09 bits per heavy atom. The van der Waals surface area contributed by atoms with Gasteiger partial charge in [0.1, 0.15) is 5.00 Å². The van der Waals surface area contributed by atoms with Gasteiger partial charge in [0.2, 0.25) is 0 Å². The average Bonchev–Trinajstić information content (AvgIpc) is 2.77. The number of anilines is 3. The first-order valence-electron chi connectivity index (χ1n) is 7.26. The number of hydrogen-bond donors (Lipinski definition) is 3. The fraction of sp³-hybridized carbons (Fsp3) is 0.333. The normalized spacial score (nSPS) is 17.7. The van der Waals surface area contributed by atoms with E-state index in [-0.39, 0.29) is 10.6 Å². The smallest absolute Gasteiger partial charge is 0.262 e. The summed E-state index contributed by atoms with van der Waals surface area (Å²) in [5.41, 5.74) is 13.7. The Balaban J connectivity index is 1.93. The highest BCUT2D eigenvalue weighted by Gasteiger charge is 2.25. The van der Waals surface area contributed by atoms with Crippen molar-refractivity contribution in [3.8, 4) is 0 Å². The molecule has 3 rings (SSSR count). The Hall–Kier alpha value is -1.44. The minimum absolute atomic E-state index is 0.0681. The molecule has 23 heavy (non-hydrogen) atoms. The summed E-state index contributed by atoms with van der Waals surface area (Å²) in [6, 6.07) is 4.24. The largest absolute Gasteiger partial charge is 0.397 e. The highest BCUT2D eigenvalue weighted by Crippen LogP contribution is 2.42. The van der Waals surface area contributed by atoms with Crippen molar-refractivity contribution >= 4 is 49.3 Å². The Bertz CT molecular complexity index is 862. The summed E-state index contributed by atoms with van der Waals surface area (Å²) in [6.45, 7) is 2.19. The number of hydrogen-bond acceptors (Lipinski definition) is 5. The van der Waals surface area contributed by atoms with Gasteiger partial charge in [-0.15, -0.1) is 11.3 Å². The lowest BCUT2D eigenvalue weighted by molar-refractivity contribution is 0.508. The van der Waals surface area contributed by atoms with E-state index in [0.29, 0.717) is 21.6 Å². The molecule has 5 nitrogen and oxygen atoms in total. The molecule has 0 fully saturated rings. The molecule has 1 unspecified atom stereocenters. The molecule has 124 valence electrons. The molecular formula is C15H18ClN3O2S2. The molecule has 1 aromatic heterocycles. The molecule has 1 aliphatic rings. The third kappa shape index (κ3) is 3.13. The van der Waals surface area contributed by atoms with Crippen LogP contribution in [0.3, 0.4) is 0 Å². The lowest BCUT2D eigenvalue weighted by Gasteiger charge is -2.17. The number of halogens is 1. The number of fused-ring (bicyclic) bond motifs is 1. The molecule has 8 heteroatoms. The molecule has 0 aliphatic heterocycles. The Morgan fingerprint density at radius 1 is 1.35 bits per heavy atom. The summed E-state index contributed by atoms with van der Waals surface area (Å²) < 4.78 is 27.7. The summed E-state index contributed by atoms with van der Waals surface area (Å²) in [7, 11) is -3.75. The van der Waals surface area contributed by atoms with Crippen LogP contribution in [0.5, 0.6) is 0 Å². The number of nitrogen functional groups attached to an aromatic ring is 2. The van der Waals surface area contributed by atoms with Crippen molar-refractivity contribution in [2.45, 2.75) is 31.1 Å². The molecule has 0 bridgehead atoms. The number of sulfonamides is 1. The summed E-state index contributed by atoms with van der Waals surface area (Å²) >= 11 is 7.26. The molecule has 1 atom stereocenters. The van der Waals surface area contributed by atoms with Crippen LogP contribution in [-0.4, -0.2) is 8.42 Å². The van der Waals surface area contributed by atoms with E-state index in [2.05, 4.69) is 11.6 Å². The van der Waals surface area contributed by atoms with Gasteiger partial charge in [-0.1, -0.05) is 18.5 Å². The van der Waals surface area contributed by atoms with Gasteiger partial charge in [-0.05, 0) is 48.9 Å². The summed E-state index contributed by atoms with van der Waals surface area (Å²) in [5, 5.41) is 0.807. The maximum atomic E-state index is 12.5. The average molecular weight is 372 g/mol. The molecule has 0 saturated heterocycles. The first kappa shape index (κ1) is 16.4. The van der Waals surface area contributed by atoms with Crippen LogP contribution in [0.25, 0.3) is 0 Å². The number of rotatable bonds is 3. The lowest BCUT2D eigenvalue weighted by atomic mass is 9.90. The van der Waals surface area contributed by atoms with Crippen LogP contribution >= 0.6 is 22.9 Å². The highest BCUT2D eigenvalue weighted by molar-refractivity contribution is 7.93. The van der Waals surface area contributed by atoms with E-state index < -0.39 is 10.0 Å². The van der Waals surface area contributed by atoms with Gasteiger partial charge in [0, 0.05) is 4.88 Å². The van der Waals surface area contributed by atoms with Gasteiger partial charge in [0.15, 0.2) is 0 Å². The van der Waals surface area contributed by atoms with Crippen molar-refractivity contribution in [2.75, 3.05) is 16.2 Å². The van der Waals surface area contributed by atoms with Crippen LogP contribution in [0.2, 0.25) is 5.02 Å². The summed E-state index contributed by atoms with van der Waals surface area (Å²) in [5.74, 6) is 0.598. The zero-order chi connectivity index (χ0) is 16.8. The van der Waals surface area contributed by atoms with Crippen LogP contribution < -0.4 is 16.2 Å². The fourth-order valence-corrected chi connectivity index (χ4v) is 5.52. The van der Waals surface area contributed by atoms with Crippen LogP contribution in [0.1, 0.15) is 23.8 Å². The van der Waals surface area contributed by atoms with Crippen molar-refractivity contribution in [3.63, 3.8) is 0 Å². The van der Waals surface area contributed by atoms with E-state index in [1.807, 2.05) is 0 Å². The van der Waals surface area contributed by atoms with E-state index in [0.717, 1.165) is 24.8 Å². The minimum Gasteiger partial charge on any atom is -0.397 e. The van der Waals surface area contributed by atoms with Gasteiger partial charge in [0.25, 0.3) is 10.0 Å². The topological polar surface area (TPSA) is 98.2 Å². The Morgan fingerprint density at radius 3 is 2.78 bits per heavy atom. The van der Waals surface area contributed by atoms with Gasteiger partial charge >= 0.3 is 0 Å². The van der Waals surface area contributed by atoms with E-state index >= 15 is 0 Å². The van der Waals surface area contributed by atoms with Gasteiger partial charge in [-0.25, -0.2) is 8.42 Å². The number of nitrogens with two attached hydrogens (primary N) is 2. The van der Waals surface area contributed by atoms with Crippen molar-refractivity contribution in [2.24, 2.45) is 5.92 Å². The monoisotopic (exact) mass is 371 g/mol. The van der Waals surface area contributed by atoms with Crippen LogP contribution in [0, 0.1) is 5.92 Å². The Kier molecular flexibility index (Phi) is 4.20. The van der Waals surface area contributed by atoms with Gasteiger partial charge in [-0.3, -0.25) is 4.72 Å². The quantitative estimate of drug-likeness (QED) is 0.719. The maximum absolute atomic E-state index is 12.5. The summed E-state index contributed by atoms with van der Waals surface area (Å²) in [6.07, 6.45) is 2.92. The van der Waals surface area contributed by atoms with Crippen LogP contribution in [0.4, 0.5) is 16.4 Å². The Labute approximate surface area is 144 Å². The molecule has 0 saturated carbocycles. The van der Waals surface area contributed by atoms with E-state index in [1.54, 1.807) is 0 Å². The van der Waals surface area contributed by atoms with E-state index in [9.17, 15) is 8.42 Å². The lowest BCUT2D eigenvalue weighted by Crippen LogP contribution is -2.13. The third-order valence-electron chi connectivity index (χ3n) is 4.06. The zero-order valence-corrected chi connectivity index (χ0v) is 15.0. The van der Waals surface area contributed by atoms with Crippen LogP contribution in [-0.2, 0) is 22.9 Å². The molecular weight excluding hydrogens is 354 g/mol. The molecule has 0 radical (unpaired) electrons. The standard InChI is InChI=1S/C15H18ClN3O2S2/c1-8-2-4-10-13(6-8)22-15(14(10)18)19-23(20,21)9-3-5-11(16)12(17)7-9/h3,5,7-8,19H,2,4,6,17-18H2,1H3. The molecule has 1 aliphatic carbocycles. The van der Waals surface area contributed by atoms with Gasteiger partial charge in [-0.2, -0.15) is 0 Å². The fourth-order valence-electron chi connectivity index (χ4n) is 2.72. The molecule has 2 aromatic rings. The first-order chi connectivity index (χ1) is 10.8. The SMILES string of the molecule is CC1CCc2c(sc(NS(=O)(=O)c3ccc(Cl)c(N)c3)c2N)C1. The molecule has 5 N–H and O–H groups in total. The molecule has 0 amide bonds. The zero-order valence-electron chi connectivity index (χ0n) is 12.6. The van der Waals surface area contributed by atoms with Crippen molar-refractivity contribution in [1.29, 1.82) is 0 Å². The van der Waals surface area contributed by atoms with Crippen LogP contribution in [0.15, 0.2) is 23.1 Å². The minimum atomic E-state index is -3.75. The van der Waals surface area contributed by atoms with Gasteiger partial charge < -0.3 is 11.5 Å². The van der Waals surface area contributed by atoms with Crippen molar-refractivity contribution in [3.05, 3.63) is 33.7 Å². The number of thiophene rings is 1. The number of nitrogens with one attached hydrogen (secondary N) is 1. The predicted molar refractivity (Wildman–Crippen MR) is 96.6 cm³/mol. The predicted octanol–water partition coefficient (Wildman–Crippen LogP) is 3.49.